The lowest BCUT2D eigenvalue weighted by atomic mass is 10.0. The summed E-state index contributed by atoms with van der Waals surface area (Å²) in [7, 11) is -9.92. The number of hydrogen-bond donors (Lipinski definition) is 3. The molecule has 594 valence electrons. The van der Waals surface area contributed by atoms with E-state index in [-0.39, 0.29) is 25.7 Å². The zero-order valence-electron chi connectivity index (χ0n) is 65.7. The van der Waals surface area contributed by atoms with Crippen LogP contribution < -0.4 is 0 Å². The molecule has 0 saturated heterocycles. The second-order valence-corrected chi connectivity index (χ2v) is 33.5. The first-order valence-corrected chi connectivity index (χ1v) is 44.8. The van der Waals surface area contributed by atoms with Crippen molar-refractivity contribution in [2.45, 2.75) is 439 Å². The van der Waals surface area contributed by atoms with Gasteiger partial charge in [-0.05, 0) is 43.4 Å². The maximum Gasteiger partial charge on any atom is 0.472 e. The van der Waals surface area contributed by atoms with Gasteiger partial charge >= 0.3 is 39.5 Å². The fourth-order valence-corrected chi connectivity index (χ4v) is 14.1. The van der Waals surface area contributed by atoms with Gasteiger partial charge in [0.05, 0.1) is 26.4 Å². The highest BCUT2D eigenvalue weighted by molar-refractivity contribution is 7.47. The molecule has 0 fully saturated rings. The molecule has 0 bridgehead atoms. The van der Waals surface area contributed by atoms with Crippen LogP contribution in [0, 0.1) is 17.8 Å². The first kappa shape index (κ1) is 98.1. The third-order valence-corrected chi connectivity index (χ3v) is 20.8. The molecule has 0 spiro atoms. The number of aliphatic hydroxyl groups excluding tert-OH is 1. The van der Waals surface area contributed by atoms with Crippen molar-refractivity contribution in [2.24, 2.45) is 17.8 Å². The van der Waals surface area contributed by atoms with Gasteiger partial charge in [-0.2, -0.15) is 0 Å². The van der Waals surface area contributed by atoms with E-state index in [0.717, 1.165) is 108 Å². The summed E-state index contributed by atoms with van der Waals surface area (Å²) in [5.74, 6) is 0.149. The zero-order chi connectivity index (χ0) is 73.7. The molecule has 0 amide bonds. The fraction of sp³-hybridized carbons (Fsp3) is 0.951. The Kier molecular flexibility index (Phi) is 69.9. The van der Waals surface area contributed by atoms with Gasteiger partial charge in [0.15, 0.2) is 12.2 Å². The molecule has 17 nitrogen and oxygen atoms in total. The molecule has 19 heteroatoms. The molecule has 0 aliphatic heterocycles. The predicted molar refractivity (Wildman–Crippen MR) is 409 cm³/mol. The van der Waals surface area contributed by atoms with Crippen molar-refractivity contribution in [3.05, 3.63) is 0 Å². The van der Waals surface area contributed by atoms with Crippen molar-refractivity contribution < 1.29 is 80.2 Å². The standard InChI is InChI=1S/C81H158O17P2/c1-8-9-10-11-12-13-14-15-16-17-18-19-20-21-26-29-34-43-50-57-64-80(85)97-76(68-91-78(83)62-55-48-41-33-28-25-23-22-24-27-31-38-45-52-59-72(2)3)70-95-99(87,88)93-66-75(82)67-94-100(89,90)96-71-77(69-92-79(84)63-56-49-42-37-36-40-47-54-61-74(6)7)98-81(86)65-58-51-44-35-30-32-39-46-53-60-73(4)5/h72-77,82H,8-71H2,1-7H3,(H,87,88)(H,89,90)/t75-,76-,77-/m1/s1. The maximum atomic E-state index is 13.1. The number of phosphoric ester groups is 2. The van der Waals surface area contributed by atoms with Crippen LogP contribution in [-0.2, 0) is 65.4 Å². The molecule has 100 heavy (non-hydrogen) atoms. The van der Waals surface area contributed by atoms with Crippen molar-refractivity contribution in [1.29, 1.82) is 0 Å². The van der Waals surface area contributed by atoms with E-state index in [9.17, 15) is 43.2 Å². The molecule has 5 atom stereocenters. The Morgan fingerprint density at radius 3 is 0.680 bits per heavy atom. The summed E-state index contributed by atoms with van der Waals surface area (Å²) in [6.07, 6.45) is 59.8. The number of esters is 4. The number of carbonyl (C=O) groups excluding carboxylic acids is 4. The van der Waals surface area contributed by atoms with Crippen LogP contribution in [-0.4, -0.2) is 96.7 Å². The molecular formula is C81H158O17P2. The number of ether oxygens (including phenoxy) is 4. The van der Waals surface area contributed by atoms with Gasteiger partial charge < -0.3 is 33.8 Å². The monoisotopic (exact) mass is 1470 g/mol. The van der Waals surface area contributed by atoms with E-state index in [2.05, 4.69) is 48.5 Å². The van der Waals surface area contributed by atoms with Crippen LogP contribution in [0.5, 0.6) is 0 Å². The average Bonchev–Trinajstić information content (AvgIpc) is 0.917. The maximum absolute atomic E-state index is 13.1. The van der Waals surface area contributed by atoms with Gasteiger partial charge in [0.1, 0.15) is 19.3 Å². The van der Waals surface area contributed by atoms with Gasteiger partial charge in [0.25, 0.3) is 0 Å². The molecule has 2 unspecified atom stereocenters. The highest BCUT2D eigenvalue weighted by Crippen LogP contribution is 2.45. The molecule has 0 aliphatic carbocycles. The van der Waals surface area contributed by atoms with Gasteiger partial charge in [0, 0.05) is 25.7 Å². The van der Waals surface area contributed by atoms with Crippen molar-refractivity contribution in [1.82, 2.24) is 0 Å². The van der Waals surface area contributed by atoms with E-state index in [1.807, 2.05) is 0 Å². The van der Waals surface area contributed by atoms with Crippen LogP contribution >= 0.6 is 15.6 Å². The lowest BCUT2D eigenvalue weighted by molar-refractivity contribution is -0.161. The molecule has 0 rings (SSSR count). The number of carbonyl (C=O) groups is 4. The Balaban J connectivity index is 5.23. The minimum absolute atomic E-state index is 0.105. The first-order valence-electron chi connectivity index (χ1n) is 41.8. The van der Waals surface area contributed by atoms with Gasteiger partial charge in [-0.3, -0.25) is 37.3 Å². The summed E-state index contributed by atoms with van der Waals surface area (Å²) in [6.45, 7) is 11.9. The Morgan fingerprint density at radius 2 is 0.460 bits per heavy atom. The highest BCUT2D eigenvalue weighted by atomic mass is 31.2. The van der Waals surface area contributed by atoms with Crippen LogP contribution in [0.2, 0.25) is 0 Å². The van der Waals surface area contributed by atoms with Gasteiger partial charge in [0.2, 0.25) is 0 Å². The van der Waals surface area contributed by atoms with Crippen LogP contribution in [0.1, 0.15) is 421 Å². The summed E-state index contributed by atoms with van der Waals surface area (Å²) in [5.41, 5.74) is 0. The van der Waals surface area contributed by atoms with E-state index in [1.54, 1.807) is 0 Å². The average molecular weight is 1470 g/mol. The third kappa shape index (κ3) is 74.3. The lowest BCUT2D eigenvalue weighted by Crippen LogP contribution is -2.30. The summed E-state index contributed by atoms with van der Waals surface area (Å²) in [5, 5.41) is 10.6. The Bertz CT molecular complexity index is 1940. The van der Waals surface area contributed by atoms with E-state index < -0.39 is 97.5 Å². The molecule has 0 aromatic heterocycles. The second-order valence-electron chi connectivity index (χ2n) is 30.6. The molecular weight excluding hydrogens is 1310 g/mol. The zero-order valence-corrected chi connectivity index (χ0v) is 67.5. The van der Waals surface area contributed by atoms with Crippen LogP contribution in [0.15, 0.2) is 0 Å². The number of aliphatic hydroxyl groups is 1. The molecule has 0 radical (unpaired) electrons. The Hall–Kier alpha value is -1.94. The highest BCUT2D eigenvalue weighted by Gasteiger charge is 2.30. The van der Waals surface area contributed by atoms with Gasteiger partial charge in [-0.25, -0.2) is 9.13 Å². The van der Waals surface area contributed by atoms with Gasteiger partial charge in [-0.1, -0.05) is 370 Å². The smallest absolute Gasteiger partial charge is 0.462 e. The third-order valence-electron chi connectivity index (χ3n) is 18.9. The SMILES string of the molecule is CCCCCCCCCCCCCCCCCCCCCCC(=O)O[C@H](COC(=O)CCCCCCCCCCCCCCCCC(C)C)COP(=O)(O)OC[C@@H](O)COP(=O)(O)OC[C@@H](COC(=O)CCCCCCCCCCC(C)C)OC(=O)CCCCCCCCCCCC(C)C. The number of unbranched alkanes of at least 4 members (excludes halogenated alkanes) is 47. The normalized spacial score (nSPS) is 14.0. The summed E-state index contributed by atoms with van der Waals surface area (Å²) in [6, 6.07) is 0. The second kappa shape index (κ2) is 71.3. The fourth-order valence-electron chi connectivity index (χ4n) is 12.5. The summed E-state index contributed by atoms with van der Waals surface area (Å²) < 4.78 is 68.7. The van der Waals surface area contributed by atoms with Gasteiger partial charge in [-0.15, -0.1) is 0 Å². The summed E-state index contributed by atoms with van der Waals surface area (Å²) in [4.78, 5) is 73.0. The lowest BCUT2D eigenvalue weighted by Gasteiger charge is -2.21. The van der Waals surface area contributed by atoms with Crippen LogP contribution in [0.4, 0.5) is 0 Å². The van der Waals surface area contributed by atoms with Crippen LogP contribution in [0.3, 0.4) is 0 Å². The van der Waals surface area contributed by atoms with Crippen molar-refractivity contribution >= 4 is 39.5 Å². The minimum Gasteiger partial charge on any atom is -0.462 e. The first-order chi connectivity index (χ1) is 48.2. The number of phosphoric acid groups is 2. The predicted octanol–water partition coefficient (Wildman–Crippen LogP) is 24.1. The van der Waals surface area contributed by atoms with Crippen molar-refractivity contribution in [3.63, 3.8) is 0 Å². The number of hydrogen-bond acceptors (Lipinski definition) is 15. The Labute approximate surface area is 613 Å². The molecule has 0 aromatic carbocycles. The largest absolute Gasteiger partial charge is 0.472 e. The Morgan fingerprint density at radius 1 is 0.270 bits per heavy atom. The van der Waals surface area contributed by atoms with E-state index in [0.29, 0.717) is 25.7 Å². The number of rotatable bonds is 79. The van der Waals surface area contributed by atoms with E-state index in [1.165, 1.54) is 231 Å². The quantitative estimate of drug-likeness (QED) is 0.0222. The topological polar surface area (TPSA) is 237 Å². The molecule has 0 aliphatic rings. The van der Waals surface area contributed by atoms with E-state index in [4.69, 9.17) is 37.0 Å². The molecule has 3 N–H and O–H groups in total. The van der Waals surface area contributed by atoms with Crippen molar-refractivity contribution in [2.75, 3.05) is 39.6 Å². The molecule has 0 aromatic rings. The summed E-state index contributed by atoms with van der Waals surface area (Å²) >= 11 is 0. The van der Waals surface area contributed by atoms with Crippen molar-refractivity contribution in [3.8, 4) is 0 Å². The van der Waals surface area contributed by atoms with E-state index >= 15 is 0 Å². The van der Waals surface area contributed by atoms with Crippen LogP contribution in [0.25, 0.3) is 0 Å². The minimum atomic E-state index is -4.96. The molecule has 0 saturated carbocycles. The molecule has 0 heterocycles.